The Morgan fingerprint density at radius 3 is 2.22 bits per heavy atom. The van der Waals surface area contributed by atoms with E-state index in [1.165, 1.54) is 23.9 Å². The molecule has 1 unspecified atom stereocenters. The fourth-order valence-corrected chi connectivity index (χ4v) is 11.8. The number of hydrogen-bond donors (Lipinski definition) is 4. The molecular formula is C50H58ClF3N6O6S3. The van der Waals surface area contributed by atoms with E-state index < -0.39 is 58.9 Å². The maximum absolute atomic E-state index is 14.3. The van der Waals surface area contributed by atoms with Crippen molar-refractivity contribution < 1.29 is 39.9 Å². The van der Waals surface area contributed by atoms with Gasteiger partial charge in [0.15, 0.2) is 0 Å². The van der Waals surface area contributed by atoms with Crippen molar-refractivity contribution in [1.29, 1.82) is 0 Å². The zero-order valence-electron chi connectivity index (χ0n) is 38.2. The van der Waals surface area contributed by atoms with Gasteiger partial charge in [-0.15, -0.1) is 11.8 Å². The first-order chi connectivity index (χ1) is 33.0. The number of anilines is 2. The summed E-state index contributed by atoms with van der Waals surface area (Å²) in [5, 5.41) is 18.5. The summed E-state index contributed by atoms with van der Waals surface area (Å²) in [5.74, 6) is -0.711. The van der Waals surface area contributed by atoms with E-state index >= 15 is 0 Å². The van der Waals surface area contributed by atoms with Gasteiger partial charge in [0.1, 0.15) is 4.90 Å². The van der Waals surface area contributed by atoms with Gasteiger partial charge in [-0.05, 0) is 142 Å². The molecule has 69 heavy (non-hydrogen) atoms. The van der Waals surface area contributed by atoms with E-state index in [4.69, 9.17) is 11.6 Å². The number of thioether (sulfide) groups is 1. The highest BCUT2D eigenvalue weighted by Crippen LogP contribution is 2.39. The Bertz CT molecular complexity index is 2710. The molecule has 1 amide bonds. The summed E-state index contributed by atoms with van der Waals surface area (Å²) in [6, 6.07) is 32.7. The number of piperidine rings is 1. The lowest BCUT2D eigenvalue weighted by atomic mass is 9.84. The molecule has 0 aromatic heterocycles. The van der Waals surface area contributed by atoms with E-state index in [1.54, 1.807) is 12.1 Å². The zero-order chi connectivity index (χ0) is 49.2. The largest absolute Gasteiger partial charge is 0.501 e. The van der Waals surface area contributed by atoms with Crippen LogP contribution in [0.25, 0.3) is 11.1 Å². The molecule has 2 heterocycles. The highest BCUT2D eigenvalue weighted by molar-refractivity contribution is 7.99. The van der Waals surface area contributed by atoms with Crippen LogP contribution in [-0.4, -0.2) is 121 Å². The van der Waals surface area contributed by atoms with Gasteiger partial charge in [-0.1, -0.05) is 66.2 Å². The number of sulfone groups is 1. The first kappa shape index (κ1) is 52.2. The molecule has 2 atom stereocenters. The number of piperazine rings is 1. The summed E-state index contributed by atoms with van der Waals surface area (Å²) < 4.78 is 98.3. The average Bonchev–Trinajstić information content (AvgIpc) is 3.35. The minimum absolute atomic E-state index is 0.0176. The maximum Gasteiger partial charge on any atom is 0.501 e. The molecule has 0 spiro atoms. The minimum Gasteiger partial charge on any atom is -0.388 e. The number of halogens is 4. The third-order valence-electron chi connectivity index (χ3n) is 12.6. The van der Waals surface area contributed by atoms with Gasteiger partial charge in [0.2, 0.25) is 0 Å². The molecule has 0 bridgehead atoms. The van der Waals surface area contributed by atoms with Gasteiger partial charge in [0.05, 0.1) is 16.7 Å². The van der Waals surface area contributed by atoms with E-state index in [1.807, 2.05) is 90.6 Å². The number of carbonyl (C=O) groups is 1. The molecule has 5 aromatic rings. The monoisotopic (exact) mass is 1030 g/mol. The third-order valence-corrected chi connectivity index (χ3v) is 16.9. The number of aliphatic hydroxyl groups excluding tert-OH is 1. The van der Waals surface area contributed by atoms with Crippen molar-refractivity contribution in [2.24, 2.45) is 5.92 Å². The van der Waals surface area contributed by atoms with Gasteiger partial charge in [-0.25, -0.2) is 21.6 Å². The first-order valence-electron chi connectivity index (χ1n) is 22.9. The molecule has 12 nitrogen and oxygen atoms in total. The molecule has 2 fully saturated rings. The predicted molar refractivity (Wildman–Crippen MR) is 268 cm³/mol. The van der Waals surface area contributed by atoms with Gasteiger partial charge in [0.25, 0.3) is 25.8 Å². The number of hydrogen-bond acceptors (Lipinski definition) is 12. The molecular weight excluding hydrogens is 969 g/mol. The second-order valence-electron chi connectivity index (χ2n) is 17.5. The molecule has 370 valence electrons. The molecule has 7 rings (SSSR count). The summed E-state index contributed by atoms with van der Waals surface area (Å²) in [5.41, 5.74) is -2.72. The Balaban J connectivity index is 1.01. The quantitative estimate of drug-likeness (QED) is 0.0554. The standard InChI is InChI=1S/C50H58ClF3N6O6S3/c1-58(27-7-28-59-32-25-55-26-33-59)29-24-40(35-67-42-8-3-2-4-9-42)56-46-21-20-43(34-47(46)68(63,64)50(52,53)54)69(65,66)57-49(62)38-14-18-41(19-15-38)60-30-22-37(23-31-60)48(61)45-11-6-5-10-44(45)36-12-16-39(51)17-13-36/h2-6,8-21,34,37,40,48,55-56,61H,7,22-33,35H2,1H3,(H,57,62)/t40?,48-/m1/s1. The van der Waals surface area contributed by atoms with Gasteiger partial charge >= 0.3 is 5.51 Å². The Labute approximate surface area is 412 Å². The van der Waals surface area contributed by atoms with Crippen LogP contribution in [0.3, 0.4) is 0 Å². The minimum atomic E-state index is -6.08. The van der Waals surface area contributed by atoms with Crippen LogP contribution in [0.4, 0.5) is 24.5 Å². The molecule has 2 aliphatic heterocycles. The van der Waals surface area contributed by atoms with Crippen molar-refractivity contribution in [3.8, 4) is 11.1 Å². The summed E-state index contributed by atoms with van der Waals surface area (Å²) in [6.07, 6.45) is 2.02. The summed E-state index contributed by atoms with van der Waals surface area (Å²) >= 11 is 7.56. The summed E-state index contributed by atoms with van der Waals surface area (Å²) in [6.45, 7) is 7.36. The average molecular weight is 1030 g/mol. The van der Waals surface area contributed by atoms with Crippen molar-refractivity contribution in [2.75, 3.05) is 81.9 Å². The first-order valence-corrected chi connectivity index (χ1v) is 27.3. The summed E-state index contributed by atoms with van der Waals surface area (Å²) in [7, 11) is -8.99. The van der Waals surface area contributed by atoms with Crippen LogP contribution in [0.15, 0.2) is 136 Å². The number of nitrogens with one attached hydrogen (secondary N) is 3. The highest BCUT2D eigenvalue weighted by Gasteiger charge is 2.48. The van der Waals surface area contributed by atoms with Crippen molar-refractivity contribution in [1.82, 2.24) is 19.8 Å². The van der Waals surface area contributed by atoms with Crippen LogP contribution in [0, 0.1) is 5.92 Å². The zero-order valence-corrected chi connectivity index (χ0v) is 41.5. The second kappa shape index (κ2) is 23.5. The maximum atomic E-state index is 14.3. The third kappa shape index (κ3) is 13.8. The van der Waals surface area contributed by atoms with Crippen LogP contribution in [0.2, 0.25) is 5.02 Å². The van der Waals surface area contributed by atoms with E-state index in [0.717, 1.165) is 85.1 Å². The number of nitrogens with zero attached hydrogens (tertiary/aromatic N) is 3. The van der Waals surface area contributed by atoms with E-state index in [2.05, 4.69) is 25.3 Å². The Morgan fingerprint density at radius 2 is 1.54 bits per heavy atom. The number of carbonyl (C=O) groups excluding carboxylic acids is 1. The van der Waals surface area contributed by atoms with Crippen LogP contribution in [-0.2, 0) is 19.9 Å². The van der Waals surface area contributed by atoms with E-state index in [-0.39, 0.29) is 11.5 Å². The molecule has 2 saturated heterocycles. The van der Waals surface area contributed by atoms with Crippen molar-refractivity contribution in [3.05, 3.63) is 137 Å². The molecule has 2 aliphatic rings. The number of rotatable bonds is 20. The van der Waals surface area contributed by atoms with Gasteiger partial charge < -0.3 is 30.4 Å². The van der Waals surface area contributed by atoms with E-state index in [9.17, 15) is 39.9 Å². The van der Waals surface area contributed by atoms with Crippen LogP contribution >= 0.6 is 23.4 Å². The topological polar surface area (TPSA) is 151 Å². The normalized spacial score (nSPS) is 16.3. The molecule has 0 aliphatic carbocycles. The van der Waals surface area contributed by atoms with Gasteiger partial charge in [0, 0.05) is 72.2 Å². The molecule has 0 radical (unpaired) electrons. The fourth-order valence-electron chi connectivity index (χ4n) is 8.69. The lowest BCUT2D eigenvalue weighted by molar-refractivity contribution is -0.0435. The highest BCUT2D eigenvalue weighted by atomic mass is 35.5. The van der Waals surface area contributed by atoms with Crippen LogP contribution in [0.1, 0.15) is 47.7 Å². The Morgan fingerprint density at radius 1 is 0.870 bits per heavy atom. The SMILES string of the molecule is CN(CCCN1CCNCC1)CCC(CSc1ccccc1)Nc1ccc(S(=O)(=O)NC(=O)c2ccc(N3CCC([C@@H](O)c4ccccc4-c4ccc(Cl)cc4)CC3)cc2)cc1S(=O)(=O)C(F)(F)F. The van der Waals surface area contributed by atoms with Crippen LogP contribution < -0.4 is 20.3 Å². The molecule has 0 saturated carbocycles. The molecule has 4 N–H and O–H groups in total. The molecule has 19 heteroatoms. The fraction of sp³-hybridized carbons (Fsp3) is 0.380. The second-order valence-corrected chi connectivity index (χ2v) is 22.6. The van der Waals surface area contributed by atoms with Crippen molar-refractivity contribution in [3.63, 3.8) is 0 Å². The number of aliphatic hydroxyl groups is 1. The Kier molecular flexibility index (Phi) is 17.8. The number of amides is 1. The summed E-state index contributed by atoms with van der Waals surface area (Å²) in [4.78, 5) is 18.8. The van der Waals surface area contributed by atoms with Gasteiger partial charge in [-0.3, -0.25) is 4.79 Å². The van der Waals surface area contributed by atoms with Gasteiger partial charge in [-0.2, -0.15) is 13.2 Å². The Hall–Kier alpha value is -4.66. The lowest BCUT2D eigenvalue weighted by Gasteiger charge is -2.36. The lowest BCUT2D eigenvalue weighted by Crippen LogP contribution is -2.44. The van der Waals surface area contributed by atoms with Crippen molar-refractivity contribution in [2.45, 2.75) is 58.0 Å². The molecule has 5 aromatic carbocycles. The smallest absolute Gasteiger partial charge is 0.388 e. The number of benzene rings is 5. The number of alkyl halides is 3. The van der Waals surface area contributed by atoms with Crippen LogP contribution in [0.5, 0.6) is 0 Å². The predicted octanol–water partition coefficient (Wildman–Crippen LogP) is 8.56. The van der Waals surface area contributed by atoms with Crippen molar-refractivity contribution >= 4 is 60.5 Å². The van der Waals surface area contributed by atoms with E-state index in [0.29, 0.717) is 55.7 Å². The number of sulfonamides is 1.